The van der Waals surface area contributed by atoms with Crippen molar-refractivity contribution in [3.05, 3.63) is 17.8 Å². The van der Waals surface area contributed by atoms with Crippen LogP contribution >= 0.6 is 0 Å². The van der Waals surface area contributed by atoms with Crippen molar-refractivity contribution in [3.63, 3.8) is 0 Å². The Hall–Kier alpha value is -1.76. The van der Waals surface area contributed by atoms with Crippen molar-refractivity contribution in [2.24, 2.45) is 5.92 Å². The van der Waals surface area contributed by atoms with Crippen LogP contribution < -0.4 is 10.6 Å². The third-order valence-corrected chi connectivity index (χ3v) is 3.32. The zero-order chi connectivity index (χ0) is 12.3. The van der Waals surface area contributed by atoms with Crippen LogP contribution in [0.5, 0.6) is 0 Å². The summed E-state index contributed by atoms with van der Waals surface area (Å²) in [6.45, 7) is 4.31. The quantitative estimate of drug-likeness (QED) is 0.864. The summed E-state index contributed by atoms with van der Waals surface area (Å²) in [5.41, 5.74) is 6.46. The third-order valence-electron chi connectivity index (χ3n) is 3.32. The highest BCUT2D eigenvalue weighted by Gasteiger charge is 2.22. The fourth-order valence-electron chi connectivity index (χ4n) is 2.41. The van der Waals surface area contributed by atoms with Crippen molar-refractivity contribution >= 4 is 11.5 Å². The van der Waals surface area contributed by atoms with Crippen molar-refractivity contribution < 1.29 is 0 Å². The zero-order valence-electron chi connectivity index (χ0n) is 10.2. The van der Waals surface area contributed by atoms with Gasteiger partial charge in [0, 0.05) is 13.1 Å². The number of hydrogen-bond acceptors (Lipinski definition) is 4. The van der Waals surface area contributed by atoms with Crippen LogP contribution in [0.25, 0.3) is 0 Å². The van der Waals surface area contributed by atoms with E-state index in [1.807, 2.05) is 12.1 Å². The van der Waals surface area contributed by atoms with E-state index in [4.69, 9.17) is 11.0 Å². The summed E-state index contributed by atoms with van der Waals surface area (Å²) >= 11 is 0. The number of nitrogens with zero attached hydrogens (tertiary/aromatic N) is 3. The summed E-state index contributed by atoms with van der Waals surface area (Å²) < 4.78 is 0. The number of anilines is 2. The van der Waals surface area contributed by atoms with E-state index in [1.165, 1.54) is 19.3 Å². The summed E-state index contributed by atoms with van der Waals surface area (Å²) in [5.74, 6) is 1.65. The number of nitrogen functional groups attached to an aromatic ring is 1. The summed E-state index contributed by atoms with van der Waals surface area (Å²) in [7, 11) is 0. The molecule has 1 unspecified atom stereocenters. The lowest BCUT2D eigenvalue weighted by atomic mass is 10.0. The maximum absolute atomic E-state index is 8.91. The monoisotopic (exact) mass is 230 g/mol. The van der Waals surface area contributed by atoms with E-state index in [2.05, 4.69) is 16.8 Å². The summed E-state index contributed by atoms with van der Waals surface area (Å²) in [6.07, 6.45) is 3.73. The number of nitrogens with two attached hydrogens (primary N) is 1. The van der Waals surface area contributed by atoms with Gasteiger partial charge in [0.1, 0.15) is 11.9 Å². The molecule has 0 aromatic carbocycles. The molecule has 0 saturated carbocycles. The van der Waals surface area contributed by atoms with Gasteiger partial charge >= 0.3 is 0 Å². The Kier molecular flexibility index (Phi) is 3.48. The first kappa shape index (κ1) is 11.7. The normalized spacial score (nSPS) is 19.3. The van der Waals surface area contributed by atoms with Gasteiger partial charge in [-0.2, -0.15) is 5.26 Å². The van der Waals surface area contributed by atoms with Crippen LogP contribution in [-0.2, 0) is 0 Å². The van der Waals surface area contributed by atoms with Crippen molar-refractivity contribution in [1.29, 1.82) is 5.26 Å². The predicted molar refractivity (Wildman–Crippen MR) is 68.6 cm³/mol. The maximum atomic E-state index is 8.91. The summed E-state index contributed by atoms with van der Waals surface area (Å²) in [4.78, 5) is 6.56. The van der Waals surface area contributed by atoms with Gasteiger partial charge in [0.15, 0.2) is 5.69 Å². The molecule has 2 N–H and O–H groups in total. The lowest BCUT2D eigenvalue weighted by Gasteiger charge is -2.17. The Morgan fingerprint density at radius 1 is 1.59 bits per heavy atom. The topological polar surface area (TPSA) is 65.9 Å². The predicted octanol–water partition coefficient (Wildman–Crippen LogP) is 2.16. The fourth-order valence-corrected chi connectivity index (χ4v) is 2.41. The van der Waals surface area contributed by atoms with Gasteiger partial charge in [-0.1, -0.05) is 13.3 Å². The van der Waals surface area contributed by atoms with E-state index in [9.17, 15) is 0 Å². The Bertz CT molecular complexity index is 436. The van der Waals surface area contributed by atoms with Crippen LogP contribution in [0.1, 0.15) is 31.9 Å². The first-order chi connectivity index (χ1) is 8.24. The summed E-state index contributed by atoms with van der Waals surface area (Å²) in [5, 5.41) is 8.91. The first-order valence-electron chi connectivity index (χ1n) is 6.16. The minimum Gasteiger partial charge on any atom is -0.396 e. The number of nitriles is 1. The van der Waals surface area contributed by atoms with E-state index >= 15 is 0 Å². The second-order valence-electron chi connectivity index (χ2n) is 4.61. The highest BCUT2D eigenvalue weighted by molar-refractivity contribution is 5.55. The highest BCUT2D eigenvalue weighted by Crippen LogP contribution is 2.26. The lowest BCUT2D eigenvalue weighted by Crippen LogP contribution is -2.21. The molecular formula is C13H18N4. The van der Waals surface area contributed by atoms with E-state index in [-0.39, 0.29) is 0 Å². The molecule has 1 atom stereocenters. The van der Waals surface area contributed by atoms with E-state index in [0.29, 0.717) is 11.4 Å². The van der Waals surface area contributed by atoms with Crippen LogP contribution in [0.2, 0.25) is 0 Å². The van der Waals surface area contributed by atoms with Crippen molar-refractivity contribution in [3.8, 4) is 6.07 Å². The van der Waals surface area contributed by atoms with Crippen LogP contribution in [0.15, 0.2) is 12.1 Å². The second-order valence-corrected chi connectivity index (χ2v) is 4.61. The van der Waals surface area contributed by atoms with E-state index in [0.717, 1.165) is 24.8 Å². The van der Waals surface area contributed by atoms with Gasteiger partial charge in [-0.05, 0) is 30.9 Å². The molecule has 0 spiro atoms. The smallest absolute Gasteiger partial charge is 0.165 e. The molecule has 0 bridgehead atoms. The number of hydrogen-bond donors (Lipinski definition) is 1. The van der Waals surface area contributed by atoms with Crippen LogP contribution in [-0.4, -0.2) is 18.1 Å². The van der Waals surface area contributed by atoms with Gasteiger partial charge in [0.05, 0.1) is 5.69 Å². The molecule has 4 nitrogen and oxygen atoms in total. The average molecular weight is 230 g/mol. The Balaban J connectivity index is 2.11. The minimum atomic E-state index is 0.335. The zero-order valence-corrected chi connectivity index (χ0v) is 10.2. The van der Waals surface area contributed by atoms with Gasteiger partial charge in [0.25, 0.3) is 0 Å². The van der Waals surface area contributed by atoms with Crippen LogP contribution in [0.4, 0.5) is 11.5 Å². The minimum absolute atomic E-state index is 0.335. The molecule has 0 amide bonds. The molecule has 0 aliphatic carbocycles. The number of pyridine rings is 1. The third kappa shape index (κ3) is 2.50. The molecule has 4 heteroatoms. The fraction of sp³-hybridized carbons (Fsp3) is 0.538. The SMILES string of the molecule is CCCC1CCN(c2ccc(N)c(C#N)n2)C1. The highest BCUT2D eigenvalue weighted by atomic mass is 15.2. The molecular weight excluding hydrogens is 212 g/mol. The molecule has 2 heterocycles. The van der Waals surface area contributed by atoms with Gasteiger partial charge in [-0.3, -0.25) is 0 Å². The lowest BCUT2D eigenvalue weighted by molar-refractivity contribution is 0.529. The molecule has 1 fully saturated rings. The molecule has 1 aromatic heterocycles. The largest absolute Gasteiger partial charge is 0.396 e. The first-order valence-corrected chi connectivity index (χ1v) is 6.16. The van der Waals surface area contributed by atoms with Gasteiger partial charge in [-0.15, -0.1) is 0 Å². The van der Waals surface area contributed by atoms with Gasteiger partial charge in [-0.25, -0.2) is 4.98 Å². The van der Waals surface area contributed by atoms with Crippen LogP contribution in [0, 0.1) is 17.2 Å². The molecule has 1 aromatic rings. The van der Waals surface area contributed by atoms with E-state index < -0.39 is 0 Å². The number of aromatic nitrogens is 1. The van der Waals surface area contributed by atoms with Crippen molar-refractivity contribution in [2.45, 2.75) is 26.2 Å². The molecule has 2 rings (SSSR count). The molecule has 1 aliphatic rings. The molecule has 1 saturated heterocycles. The summed E-state index contributed by atoms with van der Waals surface area (Å²) in [6, 6.07) is 5.71. The van der Waals surface area contributed by atoms with Crippen molar-refractivity contribution in [1.82, 2.24) is 4.98 Å². The molecule has 1 aliphatic heterocycles. The van der Waals surface area contributed by atoms with Crippen LogP contribution in [0.3, 0.4) is 0 Å². The molecule has 90 valence electrons. The number of rotatable bonds is 3. The maximum Gasteiger partial charge on any atom is 0.165 e. The molecule has 17 heavy (non-hydrogen) atoms. The second kappa shape index (κ2) is 5.05. The Labute approximate surface area is 102 Å². The van der Waals surface area contributed by atoms with Gasteiger partial charge < -0.3 is 10.6 Å². The Morgan fingerprint density at radius 3 is 3.12 bits per heavy atom. The van der Waals surface area contributed by atoms with Gasteiger partial charge in [0.2, 0.25) is 0 Å². The van der Waals surface area contributed by atoms with Crippen molar-refractivity contribution in [2.75, 3.05) is 23.7 Å². The standard InChI is InChI=1S/C13H18N4/c1-2-3-10-6-7-17(9-10)13-5-4-11(15)12(8-14)16-13/h4-5,10H,2-3,6-7,9,15H2,1H3. The Morgan fingerprint density at radius 2 is 2.41 bits per heavy atom. The van der Waals surface area contributed by atoms with E-state index in [1.54, 1.807) is 6.07 Å². The molecule has 0 radical (unpaired) electrons. The average Bonchev–Trinajstić information content (AvgIpc) is 2.79.